The van der Waals surface area contributed by atoms with E-state index in [1.165, 1.54) is 11.6 Å². The number of nitrogens with one attached hydrogen (secondary N) is 1. The van der Waals surface area contributed by atoms with E-state index >= 15 is 4.39 Å². The number of rotatable bonds is 6. The number of hydrogen-bond donors (Lipinski definition) is 1. The monoisotopic (exact) mass is 466 g/mol. The van der Waals surface area contributed by atoms with E-state index in [0.29, 0.717) is 23.5 Å². The minimum atomic E-state index is -4.74. The summed E-state index contributed by atoms with van der Waals surface area (Å²) >= 11 is 0. The summed E-state index contributed by atoms with van der Waals surface area (Å²) in [6.45, 7) is 4.22. The zero-order chi connectivity index (χ0) is 24.5. The number of aromatic nitrogens is 3. The molecule has 1 aromatic heterocycles. The van der Waals surface area contributed by atoms with E-state index in [1.54, 1.807) is 38.1 Å². The van der Waals surface area contributed by atoms with Crippen LogP contribution in [0.15, 0.2) is 41.2 Å². The number of ether oxygens (including phenoxy) is 1. The molecule has 0 saturated heterocycles. The predicted molar refractivity (Wildman–Crippen MR) is 113 cm³/mol. The Balaban J connectivity index is 2.13. The van der Waals surface area contributed by atoms with Crippen LogP contribution in [0, 0.1) is 12.7 Å². The molecule has 33 heavy (non-hydrogen) atoms. The van der Waals surface area contributed by atoms with Gasteiger partial charge in [0.05, 0.1) is 5.56 Å². The molecule has 0 radical (unpaired) electrons. The Bertz CT molecular complexity index is 1250. The molecule has 0 fully saturated rings. The number of alkyl halides is 3. The van der Waals surface area contributed by atoms with Crippen LogP contribution in [-0.2, 0) is 13.5 Å². The molecule has 3 rings (SSSR count). The van der Waals surface area contributed by atoms with Gasteiger partial charge in [-0.05, 0) is 31.5 Å². The van der Waals surface area contributed by atoms with E-state index in [9.17, 15) is 22.8 Å². The lowest BCUT2D eigenvalue weighted by Gasteiger charge is -2.20. The number of aryl methyl sites for hydroxylation is 2. The van der Waals surface area contributed by atoms with Gasteiger partial charge in [0.2, 0.25) is 0 Å². The van der Waals surface area contributed by atoms with Gasteiger partial charge in [-0.1, -0.05) is 25.1 Å². The summed E-state index contributed by atoms with van der Waals surface area (Å²) in [4.78, 5) is 25.4. The second kappa shape index (κ2) is 9.08. The van der Waals surface area contributed by atoms with Crippen molar-refractivity contribution in [3.8, 4) is 11.4 Å². The maximum absolute atomic E-state index is 15.0. The third-order valence-electron chi connectivity index (χ3n) is 5.07. The smallest absolute Gasteiger partial charge is 0.425 e. The molecular formula is C22H22F4N4O3. The Morgan fingerprint density at radius 1 is 1.24 bits per heavy atom. The molecule has 0 bridgehead atoms. The Morgan fingerprint density at radius 3 is 2.48 bits per heavy atom. The second-order valence-electron chi connectivity index (χ2n) is 7.39. The minimum absolute atomic E-state index is 0.340. The zero-order valence-electron chi connectivity index (χ0n) is 18.3. The van der Waals surface area contributed by atoms with Crippen LogP contribution in [0.1, 0.15) is 35.6 Å². The molecule has 0 aliphatic heterocycles. The number of amides is 1. The molecule has 7 nitrogen and oxygen atoms in total. The number of carbonyl (C=O) groups excluding carboxylic acids is 1. The summed E-state index contributed by atoms with van der Waals surface area (Å²) in [7, 11) is 1.44. The van der Waals surface area contributed by atoms with Gasteiger partial charge in [-0.2, -0.15) is 17.9 Å². The Kier molecular flexibility index (Phi) is 6.61. The summed E-state index contributed by atoms with van der Waals surface area (Å²) in [5.74, 6) is -2.11. The van der Waals surface area contributed by atoms with Gasteiger partial charge < -0.3 is 10.1 Å². The molecule has 0 saturated carbocycles. The van der Waals surface area contributed by atoms with Crippen molar-refractivity contribution >= 4 is 11.6 Å². The largest absolute Gasteiger partial charge is 0.480 e. The fraction of sp³-hybridized carbons (Fsp3) is 0.318. The van der Waals surface area contributed by atoms with Crippen LogP contribution < -0.4 is 15.7 Å². The molecule has 3 aromatic rings. The molecular weight excluding hydrogens is 444 g/mol. The maximum Gasteiger partial charge on any atom is 0.425 e. The third kappa shape index (κ3) is 4.91. The van der Waals surface area contributed by atoms with Crippen molar-refractivity contribution in [1.29, 1.82) is 0 Å². The normalized spacial score (nSPS) is 12.5. The minimum Gasteiger partial charge on any atom is -0.480 e. The van der Waals surface area contributed by atoms with E-state index in [4.69, 9.17) is 4.74 Å². The summed E-state index contributed by atoms with van der Waals surface area (Å²) in [6.07, 6.45) is -6.67. The molecule has 1 atom stereocenters. The number of halogens is 4. The van der Waals surface area contributed by atoms with E-state index in [2.05, 4.69) is 10.4 Å². The van der Waals surface area contributed by atoms with E-state index in [1.807, 2.05) is 0 Å². The van der Waals surface area contributed by atoms with Gasteiger partial charge in [0, 0.05) is 25.2 Å². The lowest BCUT2D eigenvalue weighted by molar-refractivity contribution is -0.189. The average Bonchev–Trinajstić information content (AvgIpc) is 3.03. The van der Waals surface area contributed by atoms with Gasteiger partial charge >= 0.3 is 11.9 Å². The summed E-state index contributed by atoms with van der Waals surface area (Å²) in [5.41, 5.74) is -0.503. The highest BCUT2D eigenvalue weighted by Crippen LogP contribution is 2.31. The van der Waals surface area contributed by atoms with Crippen molar-refractivity contribution < 1.29 is 27.1 Å². The highest BCUT2D eigenvalue weighted by molar-refractivity contribution is 6.06. The fourth-order valence-corrected chi connectivity index (χ4v) is 3.08. The maximum atomic E-state index is 15.0. The average molecular weight is 466 g/mol. The van der Waals surface area contributed by atoms with Crippen molar-refractivity contribution in [1.82, 2.24) is 14.3 Å². The van der Waals surface area contributed by atoms with Gasteiger partial charge in [0.15, 0.2) is 6.10 Å². The number of anilines is 1. The fourth-order valence-electron chi connectivity index (χ4n) is 3.08. The first kappa shape index (κ1) is 24.0. The molecule has 11 heteroatoms. The number of carbonyl (C=O) groups is 1. The third-order valence-corrected chi connectivity index (χ3v) is 5.07. The molecule has 0 aliphatic rings. The predicted octanol–water partition coefficient (Wildman–Crippen LogP) is 4.16. The number of nitrogens with zero attached hydrogens (tertiary/aromatic N) is 3. The van der Waals surface area contributed by atoms with E-state index in [0.717, 1.165) is 23.7 Å². The highest BCUT2D eigenvalue weighted by Gasteiger charge is 2.39. The quantitative estimate of drug-likeness (QED) is 0.554. The van der Waals surface area contributed by atoms with Gasteiger partial charge in [0.1, 0.15) is 23.1 Å². The van der Waals surface area contributed by atoms with Gasteiger partial charge in [-0.3, -0.25) is 9.36 Å². The highest BCUT2D eigenvalue weighted by atomic mass is 19.4. The Morgan fingerprint density at radius 2 is 1.91 bits per heavy atom. The Hall–Kier alpha value is -3.63. The first-order chi connectivity index (χ1) is 15.4. The van der Waals surface area contributed by atoms with Crippen LogP contribution in [-0.4, -0.2) is 32.5 Å². The lowest BCUT2D eigenvalue weighted by atomic mass is 10.1. The first-order valence-electron chi connectivity index (χ1n) is 10.0. The molecule has 2 aromatic carbocycles. The molecule has 1 N–H and O–H groups in total. The summed E-state index contributed by atoms with van der Waals surface area (Å²) in [5, 5.41) is 6.57. The summed E-state index contributed by atoms with van der Waals surface area (Å²) in [6, 6.07) is 8.33. The van der Waals surface area contributed by atoms with Crippen LogP contribution in [0.25, 0.3) is 5.69 Å². The topological polar surface area (TPSA) is 78.2 Å². The van der Waals surface area contributed by atoms with Crippen molar-refractivity contribution in [2.24, 2.45) is 7.05 Å². The Labute approximate surface area is 186 Å². The molecule has 1 heterocycles. The van der Waals surface area contributed by atoms with Crippen molar-refractivity contribution in [3.05, 3.63) is 69.7 Å². The van der Waals surface area contributed by atoms with Crippen LogP contribution in [0.5, 0.6) is 5.75 Å². The van der Waals surface area contributed by atoms with Crippen molar-refractivity contribution in [2.75, 3.05) is 5.32 Å². The van der Waals surface area contributed by atoms with Crippen molar-refractivity contribution in [3.63, 3.8) is 0 Å². The lowest BCUT2D eigenvalue weighted by Crippen LogP contribution is -2.32. The van der Waals surface area contributed by atoms with Gasteiger partial charge in [-0.25, -0.2) is 9.18 Å². The number of para-hydroxylation sites is 1. The molecule has 0 aliphatic carbocycles. The van der Waals surface area contributed by atoms with Crippen LogP contribution in [0.3, 0.4) is 0 Å². The van der Waals surface area contributed by atoms with E-state index in [-0.39, 0.29) is 0 Å². The van der Waals surface area contributed by atoms with Gasteiger partial charge in [0.25, 0.3) is 5.91 Å². The second-order valence-corrected chi connectivity index (χ2v) is 7.39. The molecule has 176 valence electrons. The molecule has 0 spiro atoms. The molecule has 0 unspecified atom stereocenters. The SMILES string of the molecule is CCc1nn(-c2cc(O[C@@H](C)C(F)(F)F)c(C(=O)Nc3ccccc3C)cc2F)c(=O)n1C. The van der Waals surface area contributed by atoms with Crippen LogP contribution >= 0.6 is 0 Å². The zero-order valence-corrected chi connectivity index (χ0v) is 18.3. The summed E-state index contributed by atoms with van der Waals surface area (Å²) < 4.78 is 61.5. The molecule has 1 amide bonds. The van der Waals surface area contributed by atoms with Gasteiger partial charge in [-0.15, -0.1) is 5.10 Å². The van der Waals surface area contributed by atoms with E-state index < -0.39 is 46.7 Å². The van der Waals surface area contributed by atoms with Crippen LogP contribution in [0.4, 0.5) is 23.2 Å². The van der Waals surface area contributed by atoms with Crippen molar-refractivity contribution in [2.45, 2.75) is 39.5 Å². The number of benzene rings is 2. The van der Waals surface area contributed by atoms with Crippen LogP contribution in [0.2, 0.25) is 0 Å². The number of hydrogen-bond acceptors (Lipinski definition) is 4. The first-order valence-corrected chi connectivity index (χ1v) is 10.0. The standard InChI is InChI=1S/C22H22F4N4O3/c1-5-19-28-30(21(32)29(19)4)17-11-18(33-13(3)22(24,25)26)14(10-15(17)23)20(31)27-16-9-7-6-8-12(16)2/h6-11,13H,5H2,1-4H3,(H,27,31)/t13-/m0/s1.